The molecule has 0 radical (unpaired) electrons. The molecule has 0 amide bonds. The lowest BCUT2D eigenvalue weighted by molar-refractivity contribution is 0.393. The normalized spacial score (nSPS) is 9.58. The van der Waals surface area contributed by atoms with E-state index in [1.807, 2.05) is 18.2 Å². The van der Waals surface area contributed by atoms with Gasteiger partial charge in [0.05, 0.1) is 19.8 Å². The van der Waals surface area contributed by atoms with Gasteiger partial charge in [-0.15, -0.1) is 13.2 Å². The molecule has 0 aromatic heterocycles. The molecular formula is C15H19NO2S. The van der Waals surface area contributed by atoms with Crippen molar-refractivity contribution in [1.82, 2.24) is 5.32 Å². The van der Waals surface area contributed by atoms with Crippen LogP contribution in [0.25, 0.3) is 0 Å². The first-order valence-corrected chi connectivity index (χ1v) is 6.33. The van der Waals surface area contributed by atoms with Crippen molar-refractivity contribution >= 4 is 17.2 Å². The predicted octanol–water partition coefficient (Wildman–Crippen LogP) is 2.88. The van der Waals surface area contributed by atoms with Gasteiger partial charge in [0.15, 0.2) is 0 Å². The first-order chi connectivity index (χ1) is 9.17. The molecule has 1 N–H and O–H groups in total. The summed E-state index contributed by atoms with van der Waals surface area (Å²) in [5.41, 5.74) is 1.90. The fourth-order valence-electron chi connectivity index (χ4n) is 1.75. The van der Waals surface area contributed by atoms with Crippen LogP contribution in [0.5, 0.6) is 11.5 Å². The van der Waals surface area contributed by atoms with Crippen molar-refractivity contribution in [3.63, 3.8) is 0 Å². The molecule has 0 unspecified atom stereocenters. The smallest absolute Gasteiger partial charge is 0.133 e. The molecule has 0 atom stereocenters. The van der Waals surface area contributed by atoms with Gasteiger partial charge in [0.2, 0.25) is 0 Å². The first kappa shape index (κ1) is 15.2. The highest BCUT2D eigenvalue weighted by Crippen LogP contribution is 2.29. The summed E-state index contributed by atoms with van der Waals surface area (Å²) in [5.74, 6) is 1.43. The third kappa shape index (κ3) is 3.83. The first-order valence-electron chi connectivity index (χ1n) is 5.92. The van der Waals surface area contributed by atoms with Crippen LogP contribution in [0.1, 0.15) is 11.1 Å². The monoisotopic (exact) mass is 277 g/mol. The van der Waals surface area contributed by atoms with E-state index in [-0.39, 0.29) is 0 Å². The van der Waals surface area contributed by atoms with Crippen LogP contribution >= 0.6 is 12.2 Å². The Morgan fingerprint density at radius 2 is 2.00 bits per heavy atom. The van der Waals surface area contributed by atoms with Crippen LogP contribution in [0.15, 0.2) is 37.4 Å². The molecule has 0 spiro atoms. The van der Waals surface area contributed by atoms with Gasteiger partial charge in [-0.2, -0.15) is 0 Å². The third-order valence-electron chi connectivity index (χ3n) is 2.61. The van der Waals surface area contributed by atoms with E-state index in [1.165, 1.54) is 0 Å². The number of ether oxygens (including phenoxy) is 2. The molecule has 19 heavy (non-hydrogen) atoms. The van der Waals surface area contributed by atoms with Gasteiger partial charge in [-0.3, -0.25) is 0 Å². The van der Waals surface area contributed by atoms with Gasteiger partial charge < -0.3 is 14.8 Å². The van der Waals surface area contributed by atoms with Crippen molar-refractivity contribution in [1.29, 1.82) is 0 Å². The molecule has 102 valence electrons. The highest BCUT2D eigenvalue weighted by Gasteiger charge is 2.15. The fraction of sp³-hybridized carbons (Fsp3) is 0.267. The van der Waals surface area contributed by atoms with Crippen molar-refractivity contribution in [2.45, 2.75) is 6.42 Å². The van der Waals surface area contributed by atoms with Crippen LogP contribution in [0.2, 0.25) is 0 Å². The maximum Gasteiger partial charge on any atom is 0.133 e. The van der Waals surface area contributed by atoms with Crippen molar-refractivity contribution < 1.29 is 9.47 Å². The Labute approximate surface area is 119 Å². The lowest BCUT2D eigenvalue weighted by Gasteiger charge is -2.16. The Balaban J connectivity index is 3.27. The molecule has 0 saturated heterocycles. The molecule has 0 saturated carbocycles. The van der Waals surface area contributed by atoms with E-state index in [9.17, 15) is 0 Å². The summed E-state index contributed by atoms with van der Waals surface area (Å²) in [4.78, 5) is 0.635. The minimum atomic E-state index is 0.613. The number of nitrogens with one attached hydrogen (secondary N) is 1. The summed E-state index contributed by atoms with van der Waals surface area (Å²) in [6.45, 7) is 8.05. The van der Waals surface area contributed by atoms with Gasteiger partial charge >= 0.3 is 0 Å². The molecule has 0 aliphatic heterocycles. The molecule has 0 aliphatic rings. The summed E-state index contributed by atoms with van der Waals surface area (Å²) in [6.07, 6.45) is 4.28. The average molecular weight is 277 g/mol. The quantitative estimate of drug-likeness (QED) is 0.613. The van der Waals surface area contributed by atoms with Gasteiger partial charge in [-0.05, 0) is 18.1 Å². The minimum Gasteiger partial charge on any atom is -0.497 e. The zero-order chi connectivity index (χ0) is 14.3. The third-order valence-corrected chi connectivity index (χ3v) is 2.96. The van der Waals surface area contributed by atoms with Crippen molar-refractivity contribution in [2.24, 2.45) is 0 Å². The average Bonchev–Trinajstić information content (AvgIpc) is 2.44. The zero-order valence-electron chi connectivity index (χ0n) is 11.4. The number of rotatable bonds is 7. The maximum absolute atomic E-state index is 5.41. The minimum absolute atomic E-state index is 0.613. The number of thiocarbonyl (C=S) groups is 1. The molecule has 0 heterocycles. The van der Waals surface area contributed by atoms with Crippen molar-refractivity contribution in [3.8, 4) is 11.5 Å². The Bertz CT molecular complexity index is 483. The number of methoxy groups -OCH3 is 2. The van der Waals surface area contributed by atoms with Crippen LogP contribution < -0.4 is 14.8 Å². The van der Waals surface area contributed by atoms with Crippen LogP contribution in [-0.4, -0.2) is 25.8 Å². The van der Waals surface area contributed by atoms with E-state index in [2.05, 4.69) is 18.5 Å². The van der Waals surface area contributed by atoms with Gasteiger partial charge in [-0.1, -0.05) is 24.4 Å². The molecule has 4 heteroatoms. The number of allylic oxidation sites excluding steroid dienone is 1. The Kier molecular flexibility index (Phi) is 6.09. The Hall–Kier alpha value is -1.81. The van der Waals surface area contributed by atoms with Crippen molar-refractivity contribution in [3.05, 3.63) is 48.6 Å². The summed E-state index contributed by atoms with van der Waals surface area (Å²) in [6, 6.07) is 3.77. The molecule has 0 aliphatic carbocycles. The van der Waals surface area contributed by atoms with E-state index in [4.69, 9.17) is 21.7 Å². The standard InChI is InChI=1S/C15H19NO2S/c1-5-7-11-9-12(17-3)10-13(18-4)14(11)15(19)16-8-6-2/h5-6,9-10H,1-2,7-8H2,3-4H3,(H,16,19). The molecule has 0 fully saturated rings. The van der Waals surface area contributed by atoms with Gasteiger partial charge in [0.25, 0.3) is 0 Å². The Morgan fingerprint density at radius 1 is 1.26 bits per heavy atom. The van der Waals surface area contributed by atoms with E-state index in [0.717, 1.165) is 16.9 Å². The van der Waals surface area contributed by atoms with E-state index >= 15 is 0 Å². The topological polar surface area (TPSA) is 30.5 Å². The second-order valence-electron chi connectivity index (χ2n) is 3.86. The zero-order valence-corrected chi connectivity index (χ0v) is 12.2. The van der Waals surface area contributed by atoms with Crippen LogP contribution in [-0.2, 0) is 6.42 Å². The fourth-order valence-corrected chi connectivity index (χ4v) is 2.07. The lowest BCUT2D eigenvalue weighted by atomic mass is 10.0. The number of hydrogen-bond acceptors (Lipinski definition) is 3. The van der Waals surface area contributed by atoms with E-state index < -0.39 is 0 Å². The molecule has 1 aromatic carbocycles. The van der Waals surface area contributed by atoms with Crippen LogP contribution in [0.3, 0.4) is 0 Å². The molecular weight excluding hydrogens is 258 g/mol. The van der Waals surface area contributed by atoms with Gasteiger partial charge in [0, 0.05) is 12.6 Å². The van der Waals surface area contributed by atoms with E-state index in [0.29, 0.717) is 23.7 Å². The molecule has 1 rings (SSSR count). The van der Waals surface area contributed by atoms with Crippen LogP contribution in [0.4, 0.5) is 0 Å². The number of benzene rings is 1. The molecule has 0 bridgehead atoms. The summed E-state index contributed by atoms with van der Waals surface area (Å²) in [5, 5.41) is 3.12. The van der Waals surface area contributed by atoms with E-state index in [1.54, 1.807) is 20.3 Å². The second kappa shape index (κ2) is 7.59. The van der Waals surface area contributed by atoms with Gasteiger partial charge in [0.1, 0.15) is 16.5 Å². The molecule has 1 aromatic rings. The highest BCUT2D eigenvalue weighted by molar-refractivity contribution is 7.80. The van der Waals surface area contributed by atoms with Gasteiger partial charge in [-0.25, -0.2) is 0 Å². The van der Waals surface area contributed by atoms with Crippen molar-refractivity contribution in [2.75, 3.05) is 20.8 Å². The SMILES string of the molecule is C=CCNC(=S)c1c(CC=C)cc(OC)cc1OC. The summed E-state index contributed by atoms with van der Waals surface area (Å²) >= 11 is 5.41. The van der Waals surface area contributed by atoms with Crippen LogP contribution in [0, 0.1) is 0 Å². The highest BCUT2D eigenvalue weighted by atomic mass is 32.1. The second-order valence-corrected chi connectivity index (χ2v) is 4.26. The lowest BCUT2D eigenvalue weighted by Crippen LogP contribution is -2.24. The number of hydrogen-bond donors (Lipinski definition) is 1. The largest absolute Gasteiger partial charge is 0.497 e. The maximum atomic E-state index is 5.41. The predicted molar refractivity (Wildman–Crippen MR) is 83.3 cm³/mol. The summed E-state index contributed by atoms with van der Waals surface area (Å²) in [7, 11) is 3.24. The Morgan fingerprint density at radius 3 is 2.53 bits per heavy atom. The molecule has 3 nitrogen and oxygen atoms in total. The summed E-state index contributed by atoms with van der Waals surface area (Å²) < 4.78 is 10.7.